The first-order valence-corrected chi connectivity index (χ1v) is 11.4. The molecule has 146 valence electrons. The van der Waals surface area contributed by atoms with Crippen LogP contribution in [0.25, 0.3) is 0 Å². The maximum absolute atomic E-state index is 13.9. The highest BCUT2D eigenvalue weighted by molar-refractivity contribution is 7.98. The van der Waals surface area contributed by atoms with Crippen molar-refractivity contribution in [2.75, 3.05) is 12.0 Å². The Morgan fingerprint density at radius 3 is 2.52 bits per heavy atom. The van der Waals surface area contributed by atoms with Crippen LogP contribution in [0.2, 0.25) is 5.02 Å². The Hall–Kier alpha value is -1.61. The van der Waals surface area contributed by atoms with Gasteiger partial charge in [-0.1, -0.05) is 41.9 Å². The van der Waals surface area contributed by atoms with Crippen molar-refractivity contribution in [2.45, 2.75) is 23.9 Å². The molecule has 0 fully saturated rings. The zero-order valence-corrected chi connectivity index (χ0v) is 17.0. The minimum absolute atomic E-state index is 0.162. The summed E-state index contributed by atoms with van der Waals surface area (Å²) in [6, 6.07) is 11.1. The Morgan fingerprint density at radius 1 is 1.19 bits per heavy atom. The first-order chi connectivity index (χ1) is 12.8. The molecule has 2 aromatic carbocycles. The van der Waals surface area contributed by atoms with Gasteiger partial charge in [0.25, 0.3) is 0 Å². The van der Waals surface area contributed by atoms with Gasteiger partial charge in [0.05, 0.1) is 0 Å². The third kappa shape index (κ3) is 6.21. The van der Waals surface area contributed by atoms with Crippen molar-refractivity contribution >= 4 is 39.3 Å². The number of benzene rings is 2. The highest BCUT2D eigenvalue weighted by Gasteiger charge is 2.27. The van der Waals surface area contributed by atoms with Crippen molar-refractivity contribution < 1.29 is 17.6 Å². The third-order valence-electron chi connectivity index (χ3n) is 3.76. The van der Waals surface area contributed by atoms with E-state index in [1.54, 1.807) is 24.3 Å². The largest absolute Gasteiger partial charge is 0.351 e. The van der Waals surface area contributed by atoms with Crippen molar-refractivity contribution in [1.29, 1.82) is 0 Å². The minimum atomic E-state index is -4.18. The number of halogens is 2. The second-order valence-electron chi connectivity index (χ2n) is 5.69. The molecule has 1 amide bonds. The lowest BCUT2D eigenvalue weighted by molar-refractivity contribution is -0.122. The maximum Gasteiger partial charge on any atom is 0.244 e. The van der Waals surface area contributed by atoms with Gasteiger partial charge in [0.1, 0.15) is 16.8 Å². The van der Waals surface area contributed by atoms with Crippen LogP contribution < -0.4 is 10.0 Å². The van der Waals surface area contributed by atoms with E-state index >= 15 is 0 Å². The van der Waals surface area contributed by atoms with Crippen LogP contribution in [0, 0.1) is 5.82 Å². The molecule has 0 saturated heterocycles. The molecule has 0 aliphatic rings. The standard InChI is InChI=1S/C18H20ClFN2O3S2/c1-26-11-10-16(18(23)21-12-13-6-2-3-7-14(13)19)22-27(24,25)17-9-5-4-8-15(17)20/h2-9,16,22H,10-12H2,1H3,(H,21,23). The summed E-state index contributed by atoms with van der Waals surface area (Å²) in [5, 5.41) is 3.19. The van der Waals surface area contributed by atoms with Crippen molar-refractivity contribution in [2.24, 2.45) is 0 Å². The Morgan fingerprint density at radius 2 is 1.85 bits per heavy atom. The molecule has 9 heteroatoms. The van der Waals surface area contributed by atoms with E-state index in [9.17, 15) is 17.6 Å². The number of hydrogen-bond acceptors (Lipinski definition) is 4. The van der Waals surface area contributed by atoms with E-state index in [0.717, 1.165) is 12.1 Å². The molecule has 0 heterocycles. The normalized spacial score (nSPS) is 12.6. The Labute approximate surface area is 167 Å². The fraction of sp³-hybridized carbons (Fsp3) is 0.278. The molecule has 0 aliphatic heterocycles. The molecule has 27 heavy (non-hydrogen) atoms. The summed E-state index contributed by atoms with van der Waals surface area (Å²) in [5.41, 5.74) is 0.716. The van der Waals surface area contributed by atoms with Gasteiger partial charge in [0, 0.05) is 11.6 Å². The number of sulfonamides is 1. The van der Waals surface area contributed by atoms with Gasteiger partial charge in [-0.05, 0) is 42.2 Å². The van der Waals surface area contributed by atoms with Gasteiger partial charge in [-0.2, -0.15) is 16.5 Å². The molecular weight excluding hydrogens is 411 g/mol. The average molecular weight is 431 g/mol. The lowest BCUT2D eigenvalue weighted by Crippen LogP contribution is -2.47. The summed E-state index contributed by atoms with van der Waals surface area (Å²) in [5.74, 6) is -0.807. The zero-order chi connectivity index (χ0) is 19.9. The van der Waals surface area contributed by atoms with Crippen LogP contribution in [-0.2, 0) is 21.4 Å². The van der Waals surface area contributed by atoms with Crippen LogP contribution in [-0.4, -0.2) is 32.4 Å². The Balaban J connectivity index is 2.13. The molecule has 2 rings (SSSR count). The first kappa shape index (κ1) is 21.7. The molecule has 1 atom stereocenters. The third-order valence-corrected chi connectivity index (χ3v) is 6.28. The van der Waals surface area contributed by atoms with Gasteiger partial charge < -0.3 is 5.32 Å². The molecule has 0 radical (unpaired) electrons. The number of nitrogens with one attached hydrogen (secondary N) is 2. The Kier molecular flexibility index (Phi) is 8.09. The molecule has 1 unspecified atom stereocenters. The van der Waals surface area contributed by atoms with Crippen molar-refractivity contribution in [3.8, 4) is 0 Å². The predicted octanol–water partition coefficient (Wildman–Crippen LogP) is 3.20. The Bertz CT molecular complexity index is 894. The van der Waals surface area contributed by atoms with Crippen LogP contribution in [0.1, 0.15) is 12.0 Å². The molecular formula is C18H20ClFN2O3S2. The van der Waals surface area contributed by atoms with Gasteiger partial charge in [-0.15, -0.1) is 0 Å². The van der Waals surface area contributed by atoms with E-state index in [1.807, 2.05) is 6.26 Å². The van der Waals surface area contributed by atoms with E-state index < -0.39 is 32.7 Å². The van der Waals surface area contributed by atoms with Crippen LogP contribution in [0.15, 0.2) is 53.4 Å². The number of carbonyl (C=O) groups excluding carboxylic acids is 1. The van der Waals surface area contributed by atoms with Gasteiger partial charge in [-0.3, -0.25) is 4.79 Å². The summed E-state index contributed by atoms with van der Waals surface area (Å²) in [7, 11) is -4.18. The van der Waals surface area contributed by atoms with E-state index in [1.165, 1.54) is 23.9 Å². The summed E-state index contributed by atoms with van der Waals surface area (Å²) in [6.45, 7) is 0.162. The summed E-state index contributed by atoms with van der Waals surface area (Å²) >= 11 is 7.55. The van der Waals surface area contributed by atoms with E-state index in [0.29, 0.717) is 16.3 Å². The number of carbonyl (C=O) groups is 1. The van der Waals surface area contributed by atoms with Crippen LogP contribution in [0.5, 0.6) is 0 Å². The van der Waals surface area contributed by atoms with E-state index in [4.69, 9.17) is 11.6 Å². The smallest absolute Gasteiger partial charge is 0.244 e. The number of hydrogen-bond donors (Lipinski definition) is 2. The van der Waals surface area contributed by atoms with E-state index in [2.05, 4.69) is 10.0 Å². The van der Waals surface area contributed by atoms with Crippen molar-refractivity contribution in [3.05, 3.63) is 64.9 Å². The first-order valence-electron chi connectivity index (χ1n) is 8.12. The monoisotopic (exact) mass is 430 g/mol. The molecule has 0 aromatic heterocycles. The van der Waals surface area contributed by atoms with Gasteiger partial charge >= 0.3 is 0 Å². The lowest BCUT2D eigenvalue weighted by Gasteiger charge is -2.18. The van der Waals surface area contributed by atoms with Crippen LogP contribution in [0.3, 0.4) is 0 Å². The topological polar surface area (TPSA) is 75.3 Å². The van der Waals surface area contributed by atoms with Gasteiger partial charge in [0.15, 0.2) is 0 Å². The molecule has 0 bridgehead atoms. The quantitative estimate of drug-likeness (QED) is 0.640. The van der Waals surface area contributed by atoms with Gasteiger partial charge in [-0.25, -0.2) is 12.8 Å². The highest BCUT2D eigenvalue weighted by Crippen LogP contribution is 2.16. The van der Waals surface area contributed by atoms with Crippen LogP contribution >= 0.6 is 23.4 Å². The maximum atomic E-state index is 13.9. The van der Waals surface area contributed by atoms with Crippen molar-refractivity contribution in [1.82, 2.24) is 10.0 Å². The second kappa shape index (κ2) is 10.1. The number of rotatable bonds is 9. The summed E-state index contributed by atoms with van der Waals surface area (Å²) in [6.07, 6.45) is 2.12. The molecule has 0 spiro atoms. The average Bonchev–Trinajstić information content (AvgIpc) is 2.64. The predicted molar refractivity (Wildman–Crippen MR) is 107 cm³/mol. The van der Waals surface area contributed by atoms with E-state index in [-0.39, 0.29) is 13.0 Å². The second-order valence-corrected chi connectivity index (χ2v) is 8.77. The van der Waals surface area contributed by atoms with Crippen LogP contribution in [0.4, 0.5) is 4.39 Å². The SMILES string of the molecule is CSCCC(NS(=O)(=O)c1ccccc1F)C(=O)NCc1ccccc1Cl. The highest BCUT2D eigenvalue weighted by atomic mass is 35.5. The molecule has 5 nitrogen and oxygen atoms in total. The zero-order valence-electron chi connectivity index (χ0n) is 14.6. The summed E-state index contributed by atoms with van der Waals surface area (Å²) in [4.78, 5) is 12.1. The number of thioether (sulfide) groups is 1. The number of amides is 1. The molecule has 0 saturated carbocycles. The van der Waals surface area contributed by atoms with Crippen molar-refractivity contribution in [3.63, 3.8) is 0 Å². The lowest BCUT2D eigenvalue weighted by atomic mass is 10.2. The molecule has 0 aliphatic carbocycles. The fourth-order valence-corrected chi connectivity index (χ4v) is 4.32. The molecule has 2 aromatic rings. The summed E-state index contributed by atoms with van der Waals surface area (Å²) < 4.78 is 41.2. The fourth-order valence-electron chi connectivity index (χ4n) is 2.34. The minimum Gasteiger partial charge on any atom is -0.351 e. The van der Waals surface area contributed by atoms with Gasteiger partial charge in [0.2, 0.25) is 15.9 Å². The molecule has 2 N–H and O–H groups in total.